The van der Waals surface area contributed by atoms with E-state index in [4.69, 9.17) is 19.5 Å². The molecule has 1 heterocycles. The fourth-order valence-electron chi connectivity index (χ4n) is 1.81. The summed E-state index contributed by atoms with van der Waals surface area (Å²) in [6.45, 7) is 0. The Kier molecular flexibility index (Phi) is 3.20. The van der Waals surface area contributed by atoms with Crippen molar-refractivity contribution in [3.05, 3.63) is 23.9 Å². The van der Waals surface area contributed by atoms with Gasteiger partial charge in [-0.1, -0.05) is 0 Å². The van der Waals surface area contributed by atoms with Crippen LogP contribution in [0, 0.1) is 11.3 Å². The molecule has 0 saturated heterocycles. The number of methoxy groups -OCH3 is 3. The summed E-state index contributed by atoms with van der Waals surface area (Å²) in [5.41, 5.74) is 0.973. The van der Waals surface area contributed by atoms with Crippen molar-refractivity contribution in [2.75, 3.05) is 21.3 Å². The molecule has 0 fully saturated rings. The van der Waals surface area contributed by atoms with Crippen molar-refractivity contribution in [3.63, 3.8) is 0 Å². The maximum Gasteiger partial charge on any atom is 0.204 e. The number of ether oxygens (including phenoxy) is 3. The lowest BCUT2D eigenvalue weighted by atomic mass is 10.1. The van der Waals surface area contributed by atoms with Crippen molar-refractivity contribution < 1.29 is 14.2 Å². The van der Waals surface area contributed by atoms with Crippen molar-refractivity contribution in [1.29, 1.82) is 5.26 Å². The second-order valence-corrected chi connectivity index (χ2v) is 3.52. The molecule has 1 aromatic heterocycles. The molecule has 0 saturated carbocycles. The number of nitriles is 1. The van der Waals surface area contributed by atoms with Gasteiger partial charge in [-0.15, -0.1) is 0 Å². The van der Waals surface area contributed by atoms with E-state index in [9.17, 15) is 0 Å². The molecule has 2 rings (SSSR count). The van der Waals surface area contributed by atoms with E-state index < -0.39 is 0 Å². The quantitative estimate of drug-likeness (QED) is 0.827. The van der Waals surface area contributed by atoms with Gasteiger partial charge in [-0.25, -0.2) is 4.98 Å². The van der Waals surface area contributed by atoms with Crippen LogP contribution in [-0.2, 0) is 0 Å². The lowest BCUT2D eigenvalue weighted by molar-refractivity contribution is 0.327. The highest BCUT2D eigenvalue weighted by Crippen LogP contribution is 2.42. The molecule has 0 aliphatic rings. The van der Waals surface area contributed by atoms with Crippen LogP contribution < -0.4 is 14.2 Å². The van der Waals surface area contributed by atoms with E-state index in [0.717, 1.165) is 5.39 Å². The number of fused-ring (bicyclic) bond motifs is 1. The van der Waals surface area contributed by atoms with Crippen LogP contribution in [0.1, 0.15) is 5.69 Å². The zero-order chi connectivity index (χ0) is 13.1. The Balaban J connectivity index is 2.83. The maximum atomic E-state index is 8.85. The Morgan fingerprint density at radius 1 is 1.06 bits per heavy atom. The lowest BCUT2D eigenvalue weighted by Gasteiger charge is -2.14. The molecule has 5 heteroatoms. The number of benzene rings is 1. The van der Waals surface area contributed by atoms with Crippen LogP contribution in [0.25, 0.3) is 10.9 Å². The minimum absolute atomic E-state index is 0.344. The minimum Gasteiger partial charge on any atom is -0.493 e. The first-order valence-corrected chi connectivity index (χ1v) is 5.25. The monoisotopic (exact) mass is 244 g/mol. The lowest BCUT2D eigenvalue weighted by Crippen LogP contribution is -1.97. The zero-order valence-electron chi connectivity index (χ0n) is 10.4. The van der Waals surface area contributed by atoms with Gasteiger partial charge in [0.2, 0.25) is 5.75 Å². The van der Waals surface area contributed by atoms with E-state index in [1.807, 2.05) is 6.07 Å². The summed E-state index contributed by atoms with van der Waals surface area (Å²) < 4.78 is 15.9. The molecule has 0 unspecified atom stereocenters. The molecule has 0 radical (unpaired) electrons. The third-order valence-corrected chi connectivity index (χ3v) is 2.61. The number of rotatable bonds is 3. The molecule has 0 atom stereocenters. The summed E-state index contributed by atoms with van der Waals surface area (Å²) in [5, 5.41) is 9.62. The SMILES string of the molecule is COc1cc2nc(C#N)ccc2c(OC)c1OC. The average molecular weight is 244 g/mol. The molecule has 5 nitrogen and oxygen atoms in total. The summed E-state index contributed by atoms with van der Waals surface area (Å²) >= 11 is 0. The van der Waals surface area contributed by atoms with Gasteiger partial charge in [-0.05, 0) is 12.1 Å². The Bertz CT molecular complexity index is 632. The number of hydrogen-bond acceptors (Lipinski definition) is 5. The van der Waals surface area contributed by atoms with Gasteiger partial charge in [0.15, 0.2) is 11.5 Å². The average Bonchev–Trinajstić information content (AvgIpc) is 2.44. The van der Waals surface area contributed by atoms with Crippen LogP contribution >= 0.6 is 0 Å². The zero-order valence-corrected chi connectivity index (χ0v) is 10.4. The van der Waals surface area contributed by atoms with Crippen LogP contribution in [0.15, 0.2) is 18.2 Å². The predicted molar refractivity (Wildman–Crippen MR) is 66.1 cm³/mol. The summed E-state index contributed by atoms with van der Waals surface area (Å²) in [7, 11) is 4.63. The van der Waals surface area contributed by atoms with Crippen LogP contribution in [0.5, 0.6) is 17.2 Å². The largest absolute Gasteiger partial charge is 0.493 e. The van der Waals surface area contributed by atoms with Gasteiger partial charge >= 0.3 is 0 Å². The van der Waals surface area contributed by atoms with E-state index in [0.29, 0.717) is 28.5 Å². The molecule has 0 aliphatic heterocycles. The van der Waals surface area contributed by atoms with Gasteiger partial charge in [0.25, 0.3) is 0 Å². The Morgan fingerprint density at radius 2 is 1.78 bits per heavy atom. The van der Waals surface area contributed by atoms with Crippen LogP contribution in [0.3, 0.4) is 0 Å². The molecule has 0 spiro atoms. The first kappa shape index (κ1) is 12.0. The number of nitrogens with zero attached hydrogens (tertiary/aromatic N) is 2. The number of aromatic nitrogens is 1. The molecular formula is C13H12N2O3. The van der Waals surface area contributed by atoms with E-state index in [2.05, 4.69) is 4.98 Å². The van der Waals surface area contributed by atoms with Gasteiger partial charge in [0.1, 0.15) is 11.8 Å². The normalized spacial score (nSPS) is 9.89. The van der Waals surface area contributed by atoms with Crippen molar-refractivity contribution >= 4 is 10.9 Å². The fraction of sp³-hybridized carbons (Fsp3) is 0.231. The van der Waals surface area contributed by atoms with E-state index in [1.165, 1.54) is 7.11 Å². The third kappa shape index (κ3) is 1.78. The van der Waals surface area contributed by atoms with Crippen molar-refractivity contribution in [2.45, 2.75) is 0 Å². The van der Waals surface area contributed by atoms with E-state index >= 15 is 0 Å². The van der Waals surface area contributed by atoms with Crippen molar-refractivity contribution in [1.82, 2.24) is 4.98 Å². The maximum absolute atomic E-state index is 8.85. The summed E-state index contributed by atoms with van der Waals surface area (Å²) in [4.78, 5) is 4.21. The molecule has 92 valence electrons. The Hall–Kier alpha value is -2.48. The first-order valence-electron chi connectivity index (χ1n) is 5.25. The topological polar surface area (TPSA) is 64.4 Å². The van der Waals surface area contributed by atoms with Gasteiger partial charge < -0.3 is 14.2 Å². The fourth-order valence-corrected chi connectivity index (χ4v) is 1.81. The summed E-state index contributed by atoms with van der Waals surface area (Å²) in [5.74, 6) is 1.58. The minimum atomic E-state index is 0.344. The molecule has 1 aromatic carbocycles. The third-order valence-electron chi connectivity index (χ3n) is 2.61. The highest BCUT2D eigenvalue weighted by atomic mass is 16.5. The molecule has 0 aliphatic carbocycles. The van der Waals surface area contributed by atoms with Crippen LogP contribution in [0.2, 0.25) is 0 Å². The van der Waals surface area contributed by atoms with Gasteiger partial charge in [-0.2, -0.15) is 5.26 Å². The highest BCUT2D eigenvalue weighted by Gasteiger charge is 2.16. The molecule has 0 N–H and O–H groups in total. The smallest absolute Gasteiger partial charge is 0.204 e. The highest BCUT2D eigenvalue weighted by molar-refractivity contribution is 5.90. The number of hydrogen-bond donors (Lipinski definition) is 0. The van der Waals surface area contributed by atoms with Crippen LogP contribution in [-0.4, -0.2) is 26.3 Å². The number of pyridine rings is 1. The van der Waals surface area contributed by atoms with Gasteiger partial charge in [0, 0.05) is 11.5 Å². The molecule has 18 heavy (non-hydrogen) atoms. The molecule has 0 amide bonds. The van der Waals surface area contributed by atoms with E-state index in [1.54, 1.807) is 32.4 Å². The van der Waals surface area contributed by atoms with E-state index in [-0.39, 0.29) is 0 Å². The molecule has 2 aromatic rings. The van der Waals surface area contributed by atoms with Gasteiger partial charge in [-0.3, -0.25) is 0 Å². The summed E-state index contributed by atoms with van der Waals surface area (Å²) in [6, 6.07) is 7.13. The van der Waals surface area contributed by atoms with Gasteiger partial charge in [0.05, 0.1) is 26.8 Å². The standard InChI is InChI=1S/C13H12N2O3/c1-16-11-6-10-9(5-4-8(7-14)15-10)12(17-2)13(11)18-3/h4-6H,1-3H3. The second-order valence-electron chi connectivity index (χ2n) is 3.52. The predicted octanol–water partition coefficient (Wildman–Crippen LogP) is 2.13. The van der Waals surface area contributed by atoms with Crippen molar-refractivity contribution in [2.24, 2.45) is 0 Å². The molecular weight excluding hydrogens is 232 g/mol. The van der Waals surface area contributed by atoms with Crippen LogP contribution in [0.4, 0.5) is 0 Å². The Labute approximate surface area is 105 Å². The summed E-state index contributed by atoms with van der Waals surface area (Å²) in [6.07, 6.45) is 0. The second kappa shape index (κ2) is 4.80. The molecule has 0 bridgehead atoms. The first-order chi connectivity index (χ1) is 8.74. The Morgan fingerprint density at radius 3 is 2.33 bits per heavy atom. The van der Waals surface area contributed by atoms with Crippen molar-refractivity contribution in [3.8, 4) is 23.3 Å².